The maximum atomic E-state index is 12.3. The normalized spacial score (nSPS) is 34.9. The number of rotatable bonds is 1. The first kappa shape index (κ1) is 11.0. The maximum absolute atomic E-state index is 12.3. The lowest BCUT2D eigenvalue weighted by Crippen LogP contribution is -2.26. The SMILES string of the molecule is CO[P+]1([O-])O[C@H](C)c2ccccc2[C@@H]1C. The van der Waals surface area contributed by atoms with Gasteiger partial charge in [-0.2, -0.15) is 0 Å². The summed E-state index contributed by atoms with van der Waals surface area (Å²) in [5.41, 5.74) is 1.99. The quantitative estimate of drug-likeness (QED) is 0.691. The van der Waals surface area contributed by atoms with Gasteiger partial charge in [-0.3, -0.25) is 0 Å². The molecule has 0 N–H and O–H groups in total. The summed E-state index contributed by atoms with van der Waals surface area (Å²) in [5.74, 6) is 0. The van der Waals surface area contributed by atoms with Crippen molar-refractivity contribution in [2.24, 2.45) is 0 Å². The van der Waals surface area contributed by atoms with Gasteiger partial charge in [0.1, 0.15) is 11.8 Å². The second-order valence-corrected chi connectivity index (χ2v) is 6.21. The minimum atomic E-state index is -2.97. The van der Waals surface area contributed by atoms with Crippen LogP contribution in [0.1, 0.15) is 36.7 Å². The summed E-state index contributed by atoms with van der Waals surface area (Å²) in [6.45, 7) is 3.78. The van der Waals surface area contributed by atoms with Crippen molar-refractivity contribution >= 4 is 7.94 Å². The van der Waals surface area contributed by atoms with Crippen molar-refractivity contribution in [3.63, 3.8) is 0 Å². The minimum Gasteiger partial charge on any atom is -0.631 e. The second-order valence-electron chi connectivity index (χ2n) is 3.77. The van der Waals surface area contributed by atoms with E-state index in [1.807, 2.05) is 38.1 Å². The monoisotopic (exact) mass is 226 g/mol. The van der Waals surface area contributed by atoms with E-state index in [0.717, 1.165) is 11.1 Å². The van der Waals surface area contributed by atoms with Crippen molar-refractivity contribution in [1.82, 2.24) is 0 Å². The van der Waals surface area contributed by atoms with Crippen LogP contribution in [-0.4, -0.2) is 7.11 Å². The number of hydrogen-bond acceptors (Lipinski definition) is 3. The van der Waals surface area contributed by atoms with Crippen LogP contribution < -0.4 is 4.89 Å². The average Bonchev–Trinajstić information content (AvgIpc) is 2.26. The van der Waals surface area contributed by atoms with Gasteiger partial charge in [0.15, 0.2) is 0 Å². The van der Waals surface area contributed by atoms with Crippen LogP contribution in [0.4, 0.5) is 0 Å². The van der Waals surface area contributed by atoms with Gasteiger partial charge in [0, 0.05) is 5.56 Å². The largest absolute Gasteiger partial charge is 0.631 e. The molecule has 4 heteroatoms. The Labute approximate surface area is 90.6 Å². The molecule has 0 amide bonds. The zero-order valence-corrected chi connectivity index (χ0v) is 10.0. The summed E-state index contributed by atoms with van der Waals surface area (Å²) < 4.78 is 10.5. The molecule has 1 aromatic carbocycles. The van der Waals surface area contributed by atoms with E-state index >= 15 is 0 Å². The molecule has 1 aromatic rings. The fourth-order valence-electron chi connectivity index (χ4n) is 2.00. The summed E-state index contributed by atoms with van der Waals surface area (Å²) >= 11 is 0. The lowest BCUT2D eigenvalue weighted by molar-refractivity contribution is -0.225. The van der Waals surface area contributed by atoms with E-state index in [-0.39, 0.29) is 11.8 Å². The Morgan fingerprint density at radius 3 is 2.47 bits per heavy atom. The molecule has 15 heavy (non-hydrogen) atoms. The lowest BCUT2D eigenvalue weighted by Gasteiger charge is -2.38. The van der Waals surface area contributed by atoms with Gasteiger partial charge >= 0.3 is 0 Å². The van der Waals surface area contributed by atoms with E-state index in [1.165, 1.54) is 7.11 Å². The van der Waals surface area contributed by atoms with Crippen molar-refractivity contribution in [3.8, 4) is 0 Å². The molecule has 0 aromatic heterocycles. The van der Waals surface area contributed by atoms with Gasteiger partial charge in [-0.15, -0.1) is 0 Å². The van der Waals surface area contributed by atoms with Gasteiger partial charge in [-0.25, -0.2) is 9.05 Å². The van der Waals surface area contributed by atoms with Gasteiger partial charge in [0.05, 0.1) is 7.11 Å². The second kappa shape index (κ2) is 3.84. The third-order valence-electron chi connectivity index (χ3n) is 2.92. The fraction of sp³-hybridized carbons (Fsp3) is 0.455. The van der Waals surface area contributed by atoms with Crippen molar-refractivity contribution in [2.45, 2.75) is 25.6 Å². The van der Waals surface area contributed by atoms with Gasteiger partial charge in [-0.1, -0.05) is 24.3 Å². The van der Waals surface area contributed by atoms with E-state index < -0.39 is 7.94 Å². The van der Waals surface area contributed by atoms with E-state index in [4.69, 9.17) is 9.05 Å². The first-order valence-electron chi connectivity index (χ1n) is 5.01. The van der Waals surface area contributed by atoms with Crippen LogP contribution in [0.25, 0.3) is 0 Å². The molecule has 1 aliphatic rings. The molecular weight excluding hydrogens is 211 g/mol. The minimum absolute atomic E-state index is 0.164. The molecular formula is C11H15O3P. The lowest BCUT2D eigenvalue weighted by atomic mass is 10.0. The first-order chi connectivity index (χ1) is 7.08. The molecule has 1 aliphatic heterocycles. The van der Waals surface area contributed by atoms with Crippen LogP contribution in [-0.2, 0) is 9.05 Å². The zero-order chi connectivity index (χ0) is 11.1. The molecule has 1 heterocycles. The highest BCUT2D eigenvalue weighted by molar-refractivity contribution is 7.59. The van der Waals surface area contributed by atoms with Crippen molar-refractivity contribution in [1.29, 1.82) is 0 Å². The molecule has 0 fully saturated rings. The topological polar surface area (TPSA) is 41.5 Å². The van der Waals surface area contributed by atoms with Crippen LogP contribution in [0.2, 0.25) is 0 Å². The van der Waals surface area contributed by atoms with Crippen LogP contribution in [0.15, 0.2) is 24.3 Å². The number of benzene rings is 1. The van der Waals surface area contributed by atoms with Crippen LogP contribution in [0.3, 0.4) is 0 Å². The highest BCUT2D eigenvalue weighted by atomic mass is 31.2. The van der Waals surface area contributed by atoms with E-state index in [9.17, 15) is 4.89 Å². The smallest absolute Gasteiger partial charge is 0.245 e. The van der Waals surface area contributed by atoms with E-state index in [1.54, 1.807) is 0 Å². The Morgan fingerprint density at radius 1 is 1.27 bits per heavy atom. The molecule has 3 nitrogen and oxygen atoms in total. The molecule has 0 saturated heterocycles. The molecule has 0 bridgehead atoms. The Hall–Kier alpha value is -0.470. The third kappa shape index (κ3) is 1.70. The molecule has 0 radical (unpaired) electrons. The third-order valence-corrected chi connectivity index (χ3v) is 5.26. The summed E-state index contributed by atoms with van der Waals surface area (Å²) in [5, 5.41) is 0. The Balaban J connectivity index is 2.48. The summed E-state index contributed by atoms with van der Waals surface area (Å²) in [7, 11) is -1.53. The van der Waals surface area contributed by atoms with Gasteiger partial charge in [-0.05, 0) is 19.4 Å². The van der Waals surface area contributed by atoms with Crippen molar-refractivity contribution < 1.29 is 13.9 Å². The molecule has 0 spiro atoms. The summed E-state index contributed by atoms with van der Waals surface area (Å²) in [6, 6.07) is 7.92. The average molecular weight is 226 g/mol. The highest BCUT2D eigenvalue weighted by Gasteiger charge is 2.45. The van der Waals surface area contributed by atoms with Crippen molar-refractivity contribution in [3.05, 3.63) is 35.4 Å². The molecule has 3 atom stereocenters. The van der Waals surface area contributed by atoms with Crippen LogP contribution in [0.5, 0.6) is 0 Å². The maximum Gasteiger partial charge on any atom is 0.245 e. The number of hydrogen-bond donors (Lipinski definition) is 0. The van der Waals surface area contributed by atoms with Gasteiger partial charge in [0.2, 0.25) is 7.94 Å². The standard InChI is InChI=1S/C11H15O3P/c1-8-10-6-4-5-7-11(10)9(2)15(12,13-3)14-8/h4-9H,1-3H3/t8-,9+,15?/m1/s1. The van der Waals surface area contributed by atoms with Crippen LogP contribution in [0, 0.1) is 0 Å². The molecule has 1 unspecified atom stereocenters. The molecule has 0 aliphatic carbocycles. The van der Waals surface area contributed by atoms with Gasteiger partial charge in [0.25, 0.3) is 0 Å². The fourth-order valence-corrected chi connectivity index (χ4v) is 3.72. The molecule has 0 saturated carbocycles. The van der Waals surface area contributed by atoms with E-state index in [0.29, 0.717) is 0 Å². The van der Waals surface area contributed by atoms with E-state index in [2.05, 4.69) is 0 Å². The Morgan fingerprint density at radius 2 is 1.87 bits per heavy atom. The zero-order valence-electron chi connectivity index (χ0n) is 9.14. The summed E-state index contributed by atoms with van der Waals surface area (Å²) in [6.07, 6.45) is -0.164. The van der Waals surface area contributed by atoms with Crippen LogP contribution >= 0.6 is 7.94 Å². The van der Waals surface area contributed by atoms with Gasteiger partial charge < -0.3 is 4.89 Å². The molecule has 82 valence electrons. The Kier molecular flexibility index (Phi) is 2.82. The Bertz CT molecular complexity index is 369. The highest BCUT2D eigenvalue weighted by Crippen LogP contribution is 2.69. The number of fused-ring (bicyclic) bond motifs is 1. The molecule has 2 rings (SSSR count). The predicted molar refractivity (Wildman–Crippen MR) is 58.3 cm³/mol. The van der Waals surface area contributed by atoms with Crippen molar-refractivity contribution in [2.75, 3.05) is 7.11 Å². The summed E-state index contributed by atoms with van der Waals surface area (Å²) in [4.78, 5) is 12.3. The predicted octanol–water partition coefficient (Wildman–Crippen LogP) is 2.61. The first-order valence-corrected chi connectivity index (χ1v) is 6.62.